The molecule has 3 saturated heterocycles. The number of nitrogens with zero attached hydrogens (tertiary/aromatic N) is 1. The maximum Gasteiger partial charge on any atom is 0.525 e. The lowest BCUT2D eigenvalue weighted by atomic mass is 9.76. The van der Waals surface area contributed by atoms with Gasteiger partial charge >= 0.3 is 7.12 Å². The third kappa shape index (κ3) is 2.20. The van der Waals surface area contributed by atoms with E-state index in [1.54, 1.807) is 0 Å². The number of fused-ring (bicyclic) bond motifs is 1. The SMILES string of the molecule is CC(=C(F)B1OC(C)(C)C(C)(C)O1)C12CCCN1CCC2. The Morgan fingerprint density at radius 1 is 1.00 bits per heavy atom. The van der Waals surface area contributed by atoms with Crippen LogP contribution in [0.5, 0.6) is 0 Å². The van der Waals surface area contributed by atoms with Crippen LogP contribution in [0, 0.1) is 0 Å². The molecule has 0 aromatic carbocycles. The molecule has 3 nitrogen and oxygen atoms in total. The van der Waals surface area contributed by atoms with E-state index in [0.29, 0.717) is 0 Å². The van der Waals surface area contributed by atoms with Gasteiger partial charge in [-0.05, 0) is 79.0 Å². The van der Waals surface area contributed by atoms with Crippen LogP contribution in [0.25, 0.3) is 0 Å². The smallest absolute Gasteiger partial charge is 0.398 e. The van der Waals surface area contributed by atoms with Crippen molar-refractivity contribution in [3.63, 3.8) is 0 Å². The first-order valence-electron chi connectivity index (χ1n) is 8.17. The third-order valence-electron chi connectivity index (χ3n) is 6.16. The Labute approximate surface area is 128 Å². The molecule has 0 N–H and O–H groups in total. The van der Waals surface area contributed by atoms with Gasteiger partial charge in [0.25, 0.3) is 0 Å². The molecule has 3 aliphatic heterocycles. The van der Waals surface area contributed by atoms with Crippen LogP contribution in [-0.2, 0) is 9.31 Å². The minimum absolute atomic E-state index is 0.0757. The molecule has 118 valence electrons. The molecule has 0 aromatic rings. The normalized spacial score (nSPS) is 31.4. The van der Waals surface area contributed by atoms with Gasteiger partial charge in [-0.15, -0.1) is 0 Å². The van der Waals surface area contributed by atoms with Gasteiger partial charge in [-0.2, -0.15) is 0 Å². The Kier molecular flexibility index (Phi) is 3.55. The van der Waals surface area contributed by atoms with E-state index in [1.165, 1.54) is 0 Å². The Balaban J connectivity index is 1.89. The molecule has 21 heavy (non-hydrogen) atoms. The number of hydrogen-bond acceptors (Lipinski definition) is 3. The standard InChI is InChI=1S/C16H27BFNO2/c1-12(16-8-6-10-19(16)11-7-9-16)13(18)17-20-14(2,3)15(4,5)21-17/h6-11H2,1-5H3. The van der Waals surface area contributed by atoms with Gasteiger partial charge in [-0.1, -0.05) is 0 Å². The van der Waals surface area contributed by atoms with E-state index in [4.69, 9.17) is 9.31 Å². The van der Waals surface area contributed by atoms with Crippen LogP contribution in [0.4, 0.5) is 4.39 Å². The lowest BCUT2D eigenvalue weighted by molar-refractivity contribution is 0.00578. The van der Waals surface area contributed by atoms with Crippen LogP contribution in [0.2, 0.25) is 0 Å². The molecule has 3 fully saturated rings. The highest BCUT2D eigenvalue weighted by Gasteiger charge is 2.55. The third-order valence-corrected chi connectivity index (χ3v) is 6.16. The van der Waals surface area contributed by atoms with Crippen LogP contribution >= 0.6 is 0 Å². The molecule has 0 spiro atoms. The predicted octanol–water partition coefficient (Wildman–Crippen LogP) is 3.49. The van der Waals surface area contributed by atoms with Gasteiger partial charge in [0.1, 0.15) is 5.73 Å². The molecule has 0 atom stereocenters. The fourth-order valence-electron chi connectivity index (χ4n) is 4.06. The fraction of sp³-hybridized carbons (Fsp3) is 0.875. The quantitative estimate of drug-likeness (QED) is 0.728. The summed E-state index contributed by atoms with van der Waals surface area (Å²) in [6.07, 6.45) is 4.44. The average molecular weight is 295 g/mol. The van der Waals surface area contributed by atoms with Crippen LogP contribution < -0.4 is 0 Å². The highest BCUT2D eigenvalue weighted by atomic mass is 19.1. The summed E-state index contributed by atoms with van der Waals surface area (Å²) < 4.78 is 26.8. The summed E-state index contributed by atoms with van der Waals surface area (Å²) in [5, 5.41) is 0. The summed E-state index contributed by atoms with van der Waals surface area (Å²) >= 11 is 0. The van der Waals surface area contributed by atoms with Gasteiger partial charge in [0.15, 0.2) is 0 Å². The second-order valence-electron chi connectivity index (χ2n) is 7.79. The molecule has 0 aliphatic carbocycles. The van der Waals surface area contributed by atoms with E-state index in [9.17, 15) is 0 Å². The number of hydrogen-bond donors (Lipinski definition) is 0. The van der Waals surface area contributed by atoms with E-state index in [-0.39, 0.29) is 11.3 Å². The number of halogens is 1. The molecule has 3 rings (SSSR count). The molecule has 3 aliphatic rings. The van der Waals surface area contributed by atoms with Crippen molar-refractivity contribution in [1.29, 1.82) is 0 Å². The van der Waals surface area contributed by atoms with Crippen molar-refractivity contribution in [3.05, 3.63) is 11.3 Å². The highest BCUT2D eigenvalue weighted by molar-refractivity contribution is 6.53. The zero-order valence-corrected chi connectivity index (χ0v) is 14.0. The summed E-state index contributed by atoms with van der Waals surface area (Å²) in [7, 11) is -0.854. The second kappa shape index (κ2) is 4.80. The molecule has 0 saturated carbocycles. The van der Waals surface area contributed by atoms with E-state index in [0.717, 1.165) is 44.3 Å². The van der Waals surface area contributed by atoms with Gasteiger partial charge < -0.3 is 9.31 Å². The Hall–Kier alpha value is -0.385. The first kappa shape index (κ1) is 15.5. The van der Waals surface area contributed by atoms with Gasteiger partial charge in [-0.25, -0.2) is 4.39 Å². The van der Waals surface area contributed by atoms with Crippen molar-refractivity contribution >= 4 is 7.12 Å². The average Bonchev–Trinajstić information content (AvgIpc) is 2.99. The topological polar surface area (TPSA) is 21.7 Å². The first-order valence-corrected chi connectivity index (χ1v) is 8.17. The molecule has 5 heteroatoms. The van der Waals surface area contributed by atoms with E-state index in [2.05, 4.69) is 4.90 Å². The van der Waals surface area contributed by atoms with Crippen molar-refractivity contribution in [3.8, 4) is 0 Å². The van der Waals surface area contributed by atoms with Crippen LogP contribution in [0.3, 0.4) is 0 Å². The lowest BCUT2D eigenvalue weighted by Crippen LogP contribution is -2.41. The summed E-state index contributed by atoms with van der Waals surface area (Å²) in [5.41, 5.74) is -0.428. The zero-order valence-electron chi connectivity index (χ0n) is 14.0. The van der Waals surface area contributed by atoms with Gasteiger partial charge in [0, 0.05) is 5.54 Å². The molecule has 3 heterocycles. The first-order chi connectivity index (χ1) is 9.70. The summed E-state index contributed by atoms with van der Waals surface area (Å²) in [6.45, 7) is 12.0. The van der Waals surface area contributed by atoms with Gasteiger partial charge in [0.2, 0.25) is 0 Å². The predicted molar refractivity (Wildman–Crippen MR) is 82.7 cm³/mol. The fourth-order valence-corrected chi connectivity index (χ4v) is 4.06. The molecule has 0 radical (unpaired) electrons. The molecule has 0 amide bonds. The van der Waals surface area contributed by atoms with Crippen LogP contribution in [0.1, 0.15) is 60.3 Å². The maximum absolute atomic E-state index is 15.1. The summed E-state index contributed by atoms with van der Waals surface area (Å²) in [5.74, 6) is 0. The minimum Gasteiger partial charge on any atom is -0.398 e. The van der Waals surface area contributed by atoms with Crippen molar-refractivity contribution in [2.75, 3.05) is 13.1 Å². The van der Waals surface area contributed by atoms with E-state index in [1.807, 2.05) is 34.6 Å². The largest absolute Gasteiger partial charge is 0.525 e. The number of rotatable bonds is 2. The van der Waals surface area contributed by atoms with Crippen molar-refractivity contribution < 1.29 is 13.7 Å². The van der Waals surface area contributed by atoms with Crippen LogP contribution in [0.15, 0.2) is 11.3 Å². The summed E-state index contributed by atoms with van der Waals surface area (Å²) in [6, 6.07) is 0. The van der Waals surface area contributed by atoms with Crippen LogP contribution in [-0.4, -0.2) is 41.8 Å². The molecule has 0 aromatic heterocycles. The summed E-state index contributed by atoms with van der Waals surface area (Å²) in [4.78, 5) is 2.45. The second-order valence-corrected chi connectivity index (χ2v) is 7.79. The van der Waals surface area contributed by atoms with E-state index < -0.39 is 18.3 Å². The Bertz CT molecular complexity index is 449. The molecular formula is C16H27BFNO2. The van der Waals surface area contributed by atoms with Crippen molar-refractivity contribution in [2.45, 2.75) is 77.0 Å². The zero-order chi connectivity index (χ0) is 15.5. The van der Waals surface area contributed by atoms with E-state index >= 15 is 4.39 Å². The highest BCUT2D eigenvalue weighted by Crippen LogP contribution is 2.47. The van der Waals surface area contributed by atoms with Crippen molar-refractivity contribution in [1.82, 2.24) is 4.90 Å². The van der Waals surface area contributed by atoms with Gasteiger partial charge in [0.05, 0.1) is 11.2 Å². The Morgan fingerprint density at radius 2 is 1.48 bits per heavy atom. The van der Waals surface area contributed by atoms with Crippen molar-refractivity contribution in [2.24, 2.45) is 0 Å². The molecule has 0 bridgehead atoms. The Morgan fingerprint density at radius 3 is 1.95 bits per heavy atom. The van der Waals surface area contributed by atoms with Gasteiger partial charge in [-0.3, -0.25) is 4.90 Å². The minimum atomic E-state index is -0.854. The molecular weight excluding hydrogens is 268 g/mol. The monoisotopic (exact) mass is 295 g/mol. The molecule has 0 unspecified atom stereocenters. The lowest BCUT2D eigenvalue weighted by Gasteiger charge is -2.34. The maximum atomic E-state index is 15.1.